The summed E-state index contributed by atoms with van der Waals surface area (Å²) >= 11 is 5.76. The van der Waals surface area contributed by atoms with E-state index in [1.807, 2.05) is 0 Å². The molecule has 1 aromatic heterocycles. The third-order valence-corrected chi connectivity index (χ3v) is 2.36. The summed E-state index contributed by atoms with van der Waals surface area (Å²) in [5, 5.41) is 12.5. The van der Waals surface area contributed by atoms with Gasteiger partial charge in [-0.15, -0.1) is 17.0 Å². The van der Waals surface area contributed by atoms with E-state index in [1.54, 1.807) is 18.3 Å². The molecule has 6 heteroatoms. The Morgan fingerprint density at radius 2 is 2.11 bits per heavy atom. The van der Waals surface area contributed by atoms with Crippen LogP contribution in [0.4, 0.5) is 5.69 Å². The van der Waals surface area contributed by atoms with Crippen molar-refractivity contribution < 1.29 is 9.90 Å². The Morgan fingerprint density at radius 1 is 1.33 bits per heavy atom. The Balaban J connectivity index is 0.00000162. The number of aromatic hydroxyl groups is 1. The minimum atomic E-state index is -0.432. The highest BCUT2D eigenvalue weighted by atomic mass is 79.9. The predicted molar refractivity (Wildman–Crippen MR) is 75.6 cm³/mol. The topological polar surface area (TPSA) is 62.2 Å². The number of carbonyl (C=O) groups excluding carboxylic acids is 1. The van der Waals surface area contributed by atoms with E-state index in [4.69, 9.17) is 11.6 Å². The molecule has 0 atom stereocenters. The number of nitrogens with zero attached hydrogens (tertiary/aromatic N) is 1. The first-order valence-electron chi connectivity index (χ1n) is 4.87. The minimum Gasteiger partial charge on any atom is -0.507 e. The molecule has 0 spiro atoms. The van der Waals surface area contributed by atoms with Gasteiger partial charge >= 0.3 is 0 Å². The molecular formula is C12H10BrClN2O2. The standard InChI is InChI=1S/C12H9ClN2O2.BrH/c13-8-3-4-11(16)10(6-8)12(17)15-9-2-1-5-14-7-9;/h1-7,16H,(H,15,17);1H. The fraction of sp³-hybridized carbons (Fsp3) is 0. The highest BCUT2D eigenvalue weighted by molar-refractivity contribution is 8.93. The van der Waals surface area contributed by atoms with Gasteiger partial charge in [0.15, 0.2) is 0 Å². The summed E-state index contributed by atoms with van der Waals surface area (Å²) in [4.78, 5) is 15.7. The Labute approximate surface area is 119 Å². The number of phenolic OH excluding ortho intramolecular Hbond substituents is 1. The number of pyridine rings is 1. The van der Waals surface area contributed by atoms with Gasteiger partial charge in [-0.2, -0.15) is 0 Å². The maximum atomic E-state index is 11.8. The fourth-order valence-electron chi connectivity index (χ4n) is 1.33. The van der Waals surface area contributed by atoms with Crippen LogP contribution in [0.3, 0.4) is 0 Å². The molecule has 0 bridgehead atoms. The highest BCUT2D eigenvalue weighted by Gasteiger charge is 2.11. The van der Waals surface area contributed by atoms with Crippen LogP contribution in [0.1, 0.15) is 10.4 Å². The van der Waals surface area contributed by atoms with Crippen molar-refractivity contribution in [3.05, 3.63) is 53.3 Å². The molecule has 4 nitrogen and oxygen atoms in total. The molecule has 2 rings (SSSR count). The van der Waals surface area contributed by atoms with E-state index < -0.39 is 5.91 Å². The minimum absolute atomic E-state index is 0. The number of amides is 1. The lowest BCUT2D eigenvalue weighted by Gasteiger charge is -2.06. The largest absolute Gasteiger partial charge is 0.507 e. The smallest absolute Gasteiger partial charge is 0.259 e. The second-order valence-electron chi connectivity index (χ2n) is 3.36. The number of hydrogen-bond acceptors (Lipinski definition) is 3. The van der Waals surface area contributed by atoms with Crippen LogP contribution in [0, 0.1) is 0 Å². The van der Waals surface area contributed by atoms with Crippen LogP contribution in [0.25, 0.3) is 0 Å². The highest BCUT2D eigenvalue weighted by Crippen LogP contribution is 2.22. The molecule has 0 fully saturated rings. The van der Waals surface area contributed by atoms with Crippen molar-refractivity contribution in [1.29, 1.82) is 0 Å². The lowest BCUT2D eigenvalue weighted by Crippen LogP contribution is -2.12. The summed E-state index contributed by atoms with van der Waals surface area (Å²) in [6.07, 6.45) is 3.12. The number of hydrogen-bond donors (Lipinski definition) is 2. The second kappa shape index (κ2) is 6.37. The first kappa shape index (κ1) is 14.5. The van der Waals surface area contributed by atoms with Gasteiger partial charge in [-0.1, -0.05) is 11.6 Å². The molecule has 1 amide bonds. The number of nitrogens with one attached hydrogen (secondary N) is 1. The van der Waals surface area contributed by atoms with Gasteiger partial charge in [-0.3, -0.25) is 9.78 Å². The van der Waals surface area contributed by atoms with Crippen molar-refractivity contribution in [3.63, 3.8) is 0 Å². The summed E-state index contributed by atoms with van der Waals surface area (Å²) in [7, 11) is 0. The molecule has 2 aromatic rings. The van der Waals surface area contributed by atoms with Crippen molar-refractivity contribution in [2.75, 3.05) is 5.32 Å². The summed E-state index contributed by atoms with van der Waals surface area (Å²) in [6, 6.07) is 7.70. The third-order valence-electron chi connectivity index (χ3n) is 2.12. The normalized spacial score (nSPS) is 9.39. The van der Waals surface area contributed by atoms with E-state index >= 15 is 0 Å². The summed E-state index contributed by atoms with van der Waals surface area (Å²) < 4.78 is 0. The van der Waals surface area contributed by atoms with Crippen LogP contribution in [-0.2, 0) is 0 Å². The van der Waals surface area contributed by atoms with Crippen molar-refractivity contribution >= 4 is 40.2 Å². The zero-order valence-corrected chi connectivity index (χ0v) is 11.6. The van der Waals surface area contributed by atoms with Gasteiger partial charge < -0.3 is 10.4 Å². The second-order valence-corrected chi connectivity index (χ2v) is 3.79. The van der Waals surface area contributed by atoms with Gasteiger partial charge in [0.05, 0.1) is 17.4 Å². The Hall–Kier alpha value is -1.59. The lowest BCUT2D eigenvalue weighted by molar-refractivity contribution is 0.102. The van der Waals surface area contributed by atoms with E-state index in [0.29, 0.717) is 10.7 Å². The average molecular weight is 330 g/mol. The van der Waals surface area contributed by atoms with E-state index in [1.165, 1.54) is 24.4 Å². The maximum Gasteiger partial charge on any atom is 0.259 e. The molecule has 0 saturated carbocycles. The molecule has 94 valence electrons. The van der Waals surface area contributed by atoms with E-state index in [2.05, 4.69) is 10.3 Å². The first-order chi connectivity index (χ1) is 8.16. The number of anilines is 1. The number of phenols is 1. The number of benzene rings is 1. The predicted octanol–water partition coefficient (Wildman–Crippen LogP) is 3.27. The van der Waals surface area contributed by atoms with Crippen LogP contribution in [0.5, 0.6) is 5.75 Å². The third kappa shape index (κ3) is 3.45. The maximum absolute atomic E-state index is 11.8. The number of carbonyl (C=O) groups is 1. The molecule has 18 heavy (non-hydrogen) atoms. The molecule has 0 aliphatic rings. The number of halogens is 2. The van der Waals surface area contributed by atoms with E-state index in [0.717, 1.165) is 0 Å². The van der Waals surface area contributed by atoms with Gasteiger partial charge in [0.25, 0.3) is 5.91 Å². The van der Waals surface area contributed by atoms with Gasteiger partial charge in [-0.05, 0) is 30.3 Å². The first-order valence-corrected chi connectivity index (χ1v) is 5.24. The van der Waals surface area contributed by atoms with Crippen molar-refractivity contribution in [2.45, 2.75) is 0 Å². The molecular weight excluding hydrogens is 320 g/mol. The summed E-state index contributed by atoms with van der Waals surface area (Å²) in [6.45, 7) is 0. The summed E-state index contributed by atoms with van der Waals surface area (Å²) in [5.41, 5.74) is 0.679. The van der Waals surface area contributed by atoms with Crippen molar-refractivity contribution in [2.24, 2.45) is 0 Å². The van der Waals surface area contributed by atoms with E-state index in [-0.39, 0.29) is 28.3 Å². The van der Waals surface area contributed by atoms with Crippen LogP contribution in [-0.4, -0.2) is 16.0 Å². The molecule has 0 aliphatic carbocycles. The van der Waals surface area contributed by atoms with Crippen LogP contribution < -0.4 is 5.32 Å². The van der Waals surface area contributed by atoms with Crippen molar-refractivity contribution in [1.82, 2.24) is 4.98 Å². The molecule has 0 unspecified atom stereocenters. The Bertz CT molecular complexity index is 549. The molecule has 2 N–H and O–H groups in total. The molecule has 0 radical (unpaired) electrons. The zero-order chi connectivity index (χ0) is 12.3. The number of aromatic nitrogens is 1. The van der Waals surface area contributed by atoms with Crippen LogP contribution in [0.2, 0.25) is 5.02 Å². The zero-order valence-electron chi connectivity index (χ0n) is 9.13. The van der Waals surface area contributed by atoms with Gasteiger partial charge in [-0.25, -0.2) is 0 Å². The summed E-state index contributed by atoms with van der Waals surface area (Å²) in [5.74, 6) is -0.547. The van der Waals surface area contributed by atoms with Crippen LogP contribution in [0.15, 0.2) is 42.7 Å². The SMILES string of the molecule is Br.O=C(Nc1cccnc1)c1cc(Cl)ccc1O. The molecule has 0 saturated heterocycles. The Morgan fingerprint density at radius 3 is 2.78 bits per heavy atom. The van der Waals surface area contributed by atoms with Crippen LogP contribution >= 0.6 is 28.6 Å². The average Bonchev–Trinajstić information content (AvgIpc) is 2.33. The molecule has 1 heterocycles. The molecule has 0 aliphatic heterocycles. The monoisotopic (exact) mass is 328 g/mol. The van der Waals surface area contributed by atoms with Gasteiger partial charge in [0, 0.05) is 11.2 Å². The quantitative estimate of drug-likeness (QED) is 0.889. The van der Waals surface area contributed by atoms with E-state index in [9.17, 15) is 9.90 Å². The lowest BCUT2D eigenvalue weighted by atomic mass is 10.2. The Kier molecular flexibility index (Phi) is 5.12. The van der Waals surface area contributed by atoms with Gasteiger partial charge in [0.1, 0.15) is 5.75 Å². The van der Waals surface area contributed by atoms with Crippen molar-refractivity contribution in [3.8, 4) is 5.75 Å². The number of rotatable bonds is 2. The van der Waals surface area contributed by atoms with Gasteiger partial charge in [0.2, 0.25) is 0 Å². The molecule has 1 aromatic carbocycles. The fourth-order valence-corrected chi connectivity index (χ4v) is 1.50.